The monoisotopic (exact) mass is 329 g/mol. The molecule has 1 fully saturated rings. The lowest BCUT2D eigenvalue weighted by atomic mass is 10.2. The molecule has 1 aliphatic rings. The first-order chi connectivity index (χ1) is 10.4. The third kappa shape index (κ3) is 3.12. The number of aromatic nitrogens is 1. The van der Waals surface area contributed by atoms with Crippen LogP contribution in [0.4, 0.5) is 0 Å². The zero-order valence-electron chi connectivity index (χ0n) is 12.4. The van der Waals surface area contributed by atoms with Gasteiger partial charge in [-0.05, 0) is 26.1 Å². The number of piperazine rings is 1. The summed E-state index contributed by atoms with van der Waals surface area (Å²) < 4.78 is 32.0. The molecule has 0 spiro atoms. The number of ether oxygens (including phenoxy) is 1. The van der Waals surface area contributed by atoms with Crippen LogP contribution in [0, 0.1) is 0 Å². The second kappa shape index (κ2) is 6.69. The van der Waals surface area contributed by atoms with E-state index >= 15 is 0 Å². The number of rotatable bonds is 5. The summed E-state index contributed by atoms with van der Waals surface area (Å²) in [6.07, 6.45) is 1.64. The van der Waals surface area contributed by atoms with Gasteiger partial charge in [0.05, 0.1) is 0 Å². The molecule has 22 heavy (non-hydrogen) atoms. The van der Waals surface area contributed by atoms with Gasteiger partial charge >= 0.3 is 5.97 Å². The lowest BCUT2D eigenvalue weighted by Gasteiger charge is -2.42. The normalized spacial score (nSPS) is 24.3. The van der Waals surface area contributed by atoms with Gasteiger partial charge in [-0.1, -0.05) is 0 Å². The molecule has 1 aromatic heterocycles. The molecule has 9 heteroatoms. The van der Waals surface area contributed by atoms with Crippen LogP contribution in [0.2, 0.25) is 0 Å². The first kappa shape index (κ1) is 16.8. The zero-order valence-corrected chi connectivity index (χ0v) is 13.2. The number of sulfonamides is 1. The summed E-state index contributed by atoms with van der Waals surface area (Å²) in [5.41, 5.74) is 0. The van der Waals surface area contributed by atoms with E-state index in [4.69, 9.17) is 4.74 Å². The molecule has 1 saturated heterocycles. The molecule has 122 valence electrons. The van der Waals surface area contributed by atoms with Crippen LogP contribution in [0.5, 0.6) is 0 Å². The van der Waals surface area contributed by atoms with Crippen molar-refractivity contribution >= 4 is 16.0 Å². The third-order valence-corrected chi connectivity index (χ3v) is 5.38. The SMILES string of the molecule is CCOC1C(C(=O)O)N(C)CCN1S(=O)(=O)c1cccnc1. The number of hydrogen-bond donors (Lipinski definition) is 1. The quantitative estimate of drug-likeness (QED) is 0.800. The number of likely N-dealkylation sites (N-methyl/N-ethyl adjacent to an activating group) is 1. The van der Waals surface area contributed by atoms with Crippen LogP contribution in [0.3, 0.4) is 0 Å². The highest BCUT2D eigenvalue weighted by atomic mass is 32.2. The van der Waals surface area contributed by atoms with E-state index in [2.05, 4.69) is 4.98 Å². The molecule has 0 saturated carbocycles. The Labute approximate surface area is 129 Å². The van der Waals surface area contributed by atoms with E-state index in [0.29, 0.717) is 6.54 Å². The van der Waals surface area contributed by atoms with Gasteiger partial charge in [0.1, 0.15) is 17.2 Å². The average molecular weight is 329 g/mol. The highest BCUT2D eigenvalue weighted by molar-refractivity contribution is 7.89. The van der Waals surface area contributed by atoms with E-state index in [0.717, 1.165) is 4.31 Å². The smallest absolute Gasteiger partial charge is 0.325 e. The van der Waals surface area contributed by atoms with Crippen LogP contribution < -0.4 is 0 Å². The minimum absolute atomic E-state index is 0.0217. The van der Waals surface area contributed by atoms with Gasteiger partial charge < -0.3 is 9.84 Å². The maximum Gasteiger partial charge on any atom is 0.325 e. The topological polar surface area (TPSA) is 100 Å². The molecule has 2 rings (SSSR count). The van der Waals surface area contributed by atoms with Crippen LogP contribution in [-0.4, -0.2) is 72.7 Å². The Bertz CT molecular complexity index is 622. The van der Waals surface area contributed by atoms with Crippen molar-refractivity contribution in [1.29, 1.82) is 0 Å². The number of nitrogens with zero attached hydrogens (tertiary/aromatic N) is 3. The standard InChI is InChI=1S/C13H19N3O5S/c1-3-21-12-11(13(17)18)15(2)7-8-16(12)22(19,20)10-5-4-6-14-9-10/h4-6,9,11-12H,3,7-8H2,1-2H3,(H,17,18). The van der Waals surface area contributed by atoms with Crippen LogP contribution >= 0.6 is 0 Å². The van der Waals surface area contributed by atoms with Gasteiger partial charge in [-0.3, -0.25) is 14.7 Å². The van der Waals surface area contributed by atoms with Crippen molar-refractivity contribution in [2.45, 2.75) is 24.1 Å². The summed E-state index contributed by atoms with van der Waals surface area (Å²) in [5.74, 6) is -1.12. The number of pyridine rings is 1. The lowest BCUT2D eigenvalue weighted by Crippen LogP contribution is -2.63. The number of hydrogen-bond acceptors (Lipinski definition) is 6. The minimum Gasteiger partial charge on any atom is -0.480 e. The van der Waals surface area contributed by atoms with Crippen LogP contribution in [-0.2, 0) is 19.6 Å². The van der Waals surface area contributed by atoms with Crippen LogP contribution in [0.25, 0.3) is 0 Å². The first-order valence-electron chi connectivity index (χ1n) is 6.86. The van der Waals surface area contributed by atoms with E-state index in [1.54, 1.807) is 18.9 Å². The Morgan fingerprint density at radius 3 is 2.77 bits per heavy atom. The molecule has 2 unspecified atom stereocenters. The van der Waals surface area contributed by atoms with Gasteiger partial charge in [-0.2, -0.15) is 4.31 Å². The molecule has 2 atom stereocenters. The predicted molar refractivity (Wildman–Crippen MR) is 77.6 cm³/mol. The lowest BCUT2D eigenvalue weighted by molar-refractivity contribution is -0.159. The number of carbonyl (C=O) groups is 1. The van der Waals surface area contributed by atoms with Gasteiger partial charge in [0.15, 0.2) is 0 Å². The molecule has 1 N–H and O–H groups in total. The van der Waals surface area contributed by atoms with Gasteiger partial charge in [-0.25, -0.2) is 8.42 Å². The number of carboxylic acid groups (broad SMARTS) is 1. The van der Waals surface area contributed by atoms with Crippen molar-refractivity contribution in [1.82, 2.24) is 14.2 Å². The maximum atomic E-state index is 12.7. The molecule has 0 radical (unpaired) electrons. The fourth-order valence-electron chi connectivity index (χ4n) is 2.45. The Morgan fingerprint density at radius 2 is 2.23 bits per heavy atom. The van der Waals surface area contributed by atoms with Gasteiger partial charge in [0, 0.05) is 32.1 Å². The summed E-state index contributed by atoms with van der Waals surface area (Å²) in [6.45, 7) is 2.37. The molecular formula is C13H19N3O5S. The summed E-state index contributed by atoms with van der Waals surface area (Å²) in [5, 5.41) is 9.40. The molecule has 0 aliphatic carbocycles. The average Bonchev–Trinajstić information content (AvgIpc) is 2.48. The first-order valence-corrected chi connectivity index (χ1v) is 8.30. The Hall–Kier alpha value is -1.55. The molecule has 2 heterocycles. The molecule has 0 bridgehead atoms. The van der Waals surface area contributed by atoms with E-state index < -0.39 is 28.3 Å². The predicted octanol–water partition coefficient (Wildman–Crippen LogP) is -0.166. The molecule has 1 aliphatic heterocycles. The molecule has 0 aromatic carbocycles. The fourth-order valence-corrected chi connectivity index (χ4v) is 3.93. The Balaban J connectivity index is 2.41. The molecule has 0 amide bonds. The summed E-state index contributed by atoms with van der Waals surface area (Å²) in [6, 6.07) is 1.90. The second-order valence-electron chi connectivity index (χ2n) is 4.91. The van der Waals surface area contributed by atoms with E-state index in [-0.39, 0.29) is 18.0 Å². The van der Waals surface area contributed by atoms with E-state index in [9.17, 15) is 18.3 Å². The molecule has 8 nitrogen and oxygen atoms in total. The third-order valence-electron chi connectivity index (χ3n) is 3.53. The number of aliphatic carboxylic acids is 1. The van der Waals surface area contributed by atoms with Crippen molar-refractivity contribution in [3.05, 3.63) is 24.5 Å². The summed E-state index contributed by atoms with van der Waals surface area (Å²) in [4.78, 5) is 16.9. The summed E-state index contributed by atoms with van der Waals surface area (Å²) >= 11 is 0. The van der Waals surface area contributed by atoms with Gasteiger partial charge in [-0.15, -0.1) is 0 Å². The largest absolute Gasteiger partial charge is 0.480 e. The van der Waals surface area contributed by atoms with Crippen molar-refractivity contribution in [2.24, 2.45) is 0 Å². The molecule has 1 aromatic rings. The molecular weight excluding hydrogens is 310 g/mol. The summed E-state index contributed by atoms with van der Waals surface area (Å²) in [7, 11) is -2.23. The van der Waals surface area contributed by atoms with E-state index in [1.165, 1.54) is 24.5 Å². The zero-order chi connectivity index (χ0) is 16.3. The van der Waals surface area contributed by atoms with Crippen molar-refractivity contribution in [3.8, 4) is 0 Å². The van der Waals surface area contributed by atoms with Crippen molar-refractivity contribution in [3.63, 3.8) is 0 Å². The van der Waals surface area contributed by atoms with Crippen LogP contribution in [0.1, 0.15) is 6.92 Å². The second-order valence-corrected chi connectivity index (χ2v) is 6.80. The Kier molecular flexibility index (Phi) is 5.12. The van der Waals surface area contributed by atoms with Gasteiger partial charge in [0.25, 0.3) is 0 Å². The van der Waals surface area contributed by atoms with Crippen LogP contribution in [0.15, 0.2) is 29.4 Å². The maximum absolute atomic E-state index is 12.7. The van der Waals surface area contributed by atoms with Gasteiger partial charge in [0.2, 0.25) is 10.0 Å². The highest BCUT2D eigenvalue weighted by Gasteiger charge is 2.45. The number of carboxylic acids is 1. The van der Waals surface area contributed by atoms with E-state index in [1.807, 2.05) is 0 Å². The van der Waals surface area contributed by atoms with Crippen molar-refractivity contribution in [2.75, 3.05) is 26.7 Å². The highest BCUT2D eigenvalue weighted by Crippen LogP contribution is 2.25. The van der Waals surface area contributed by atoms with Crippen molar-refractivity contribution < 1.29 is 23.1 Å². The fraction of sp³-hybridized carbons (Fsp3) is 0.538. The Morgan fingerprint density at radius 1 is 1.50 bits per heavy atom. The minimum atomic E-state index is -3.87.